The second-order valence-electron chi connectivity index (χ2n) is 8.03. The molecule has 0 bridgehead atoms. The standard InChI is InChI=1S/C20H24Si5/c1-22-15-9-5-6-10-16(15)23(2)19(22)13-14-20(21-19)24(3)17-11-7-8-12-18(17)25(20)4/h5-12H,13-14H2,1-4H3. The molecule has 0 aromatic heterocycles. The van der Waals surface area contributed by atoms with Crippen LogP contribution in [-0.4, -0.2) is 44.7 Å². The molecule has 1 saturated heterocycles. The van der Waals surface area contributed by atoms with Gasteiger partial charge >= 0.3 is 0 Å². The molecule has 5 heteroatoms. The molecule has 0 amide bonds. The van der Waals surface area contributed by atoms with Crippen LogP contribution in [0.4, 0.5) is 0 Å². The first-order chi connectivity index (χ1) is 12.0. The minimum absolute atomic E-state index is 0.404. The molecule has 1 fully saturated rings. The van der Waals surface area contributed by atoms with Crippen molar-refractivity contribution < 1.29 is 0 Å². The van der Waals surface area contributed by atoms with Crippen LogP contribution in [0, 0.1) is 0 Å². The summed E-state index contributed by atoms with van der Waals surface area (Å²) in [7, 11) is -0.366. The van der Waals surface area contributed by atoms with Crippen LogP contribution in [0.25, 0.3) is 0 Å². The Bertz CT molecular complexity index is 720. The maximum absolute atomic E-state index is 2.67. The van der Waals surface area contributed by atoms with Gasteiger partial charge in [-0.15, -0.1) is 0 Å². The summed E-state index contributed by atoms with van der Waals surface area (Å²) in [5.41, 5.74) is 0. The Morgan fingerprint density at radius 1 is 0.600 bits per heavy atom. The van der Waals surface area contributed by atoms with Gasteiger partial charge in [-0.2, -0.15) is 0 Å². The lowest BCUT2D eigenvalue weighted by Gasteiger charge is -2.37. The van der Waals surface area contributed by atoms with Crippen molar-refractivity contribution in [3.05, 3.63) is 48.5 Å². The molecule has 6 radical (unpaired) electrons. The summed E-state index contributed by atoms with van der Waals surface area (Å²) in [6.45, 7) is 10.7. The zero-order valence-corrected chi connectivity index (χ0v) is 20.5. The van der Waals surface area contributed by atoms with Gasteiger partial charge in [-0.05, 0) is 8.57 Å². The highest BCUT2D eigenvalue weighted by atomic mass is 28.4. The van der Waals surface area contributed by atoms with Crippen molar-refractivity contribution in [2.24, 2.45) is 0 Å². The van der Waals surface area contributed by atoms with Gasteiger partial charge in [-0.1, -0.05) is 108 Å². The fraction of sp³-hybridized carbons (Fsp3) is 0.400. The van der Waals surface area contributed by atoms with E-state index in [9.17, 15) is 0 Å². The van der Waals surface area contributed by atoms with Gasteiger partial charge in [0.1, 0.15) is 0 Å². The minimum Gasteiger partial charge on any atom is -0.0669 e. The Morgan fingerprint density at radius 2 is 0.880 bits per heavy atom. The van der Waals surface area contributed by atoms with E-state index >= 15 is 0 Å². The summed E-state index contributed by atoms with van der Waals surface area (Å²) in [6, 6.07) is 19.1. The largest absolute Gasteiger partial charge is 0.0828 e. The SMILES string of the molecule is C[Si]1c2ccccc2[Si](C)C12CCC1([Si]2)[Si](C)c2ccccc2[Si]1C. The Morgan fingerprint density at radius 3 is 1.16 bits per heavy atom. The molecule has 2 spiro atoms. The molecular weight excluding hydrogens is 381 g/mol. The molecule has 0 nitrogen and oxygen atoms in total. The summed E-state index contributed by atoms with van der Waals surface area (Å²) in [5.74, 6) is 0. The van der Waals surface area contributed by atoms with E-state index < -0.39 is 35.2 Å². The van der Waals surface area contributed by atoms with E-state index in [2.05, 4.69) is 74.7 Å². The third kappa shape index (κ3) is 1.96. The number of fused-ring (bicyclic) bond motifs is 2. The number of benzene rings is 2. The zero-order chi connectivity index (χ0) is 17.4. The lowest BCUT2D eigenvalue weighted by molar-refractivity contribution is 0.798. The highest BCUT2D eigenvalue weighted by Crippen LogP contribution is 2.59. The minimum atomic E-state index is -0.404. The molecule has 3 aliphatic rings. The summed E-state index contributed by atoms with van der Waals surface area (Å²) >= 11 is 0. The topological polar surface area (TPSA) is 0 Å². The monoisotopic (exact) mass is 404 g/mol. The van der Waals surface area contributed by atoms with Crippen LogP contribution < -0.4 is 20.7 Å². The van der Waals surface area contributed by atoms with Gasteiger partial charge in [-0.3, -0.25) is 0 Å². The van der Waals surface area contributed by atoms with E-state index in [4.69, 9.17) is 0 Å². The average molecular weight is 405 g/mol. The Balaban J connectivity index is 1.58. The molecule has 124 valence electrons. The number of hydrogen-bond acceptors (Lipinski definition) is 0. The Labute approximate surface area is 161 Å². The second kappa shape index (κ2) is 5.51. The molecule has 3 heterocycles. The first-order valence-electron chi connectivity index (χ1n) is 9.36. The predicted molar refractivity (Wildman–Crippen MR) is 118 cm³/mol. The number of rotatable bonds is 0. The van der Waals surface area contributed by atoms with Gasteiger partial charge in [0.05, 0.1) is 35.2 Å². The molecule has 2 aromatic rings. The van der Waals surface area contributed by atoms with E-state index in [1.165, 1.54) is 9.52 Å². The third-order valence-electron chi connectivity index (χ3n) is 7.33. The Kier molecular flexibility index (Phi) is 3.68. The molecule has 0 N–H and O–H groups in total. The van der Waals surface area contributed by atoms with Crippen molar-refractivity contribution in [3.63, 3.8) is 0 Å². The maximum atomic E-state index is 2.67. The van der Waals surface area contributed by atoms with Crippen LogP contribution in [0.15, 0.2) is 48.5 Å². The average Bonchev–Trinajstić information content (AvgIpc) is 3.22. The van der Waals surface area contributed by atoms with Gasteiger partial charge in [0.15, 0.2) is 0 Å². The Hall–Kier alpha value is -0.476. The van der Waals surface area contributed by atoms with Crippen molar-refractivity contribution in [3.8, 4) is 0 Å². The van der Waals surface area contributed by atoms with Crippen LogP contribution in [-0.2, 0) is 0 Å². The van der Waals surface area contributed by atoms with Gasteiger partial charge in [-0.25, -0.2) is 0 Å². The van der Waals surface area contributed by atoms with Gasteiger partial charge in [0.2, 0.25) is 0 Å². The van der Waals surface area contributed by atoms with Gasteiger partial charge < -0.3 is 0 Å². The molecule has 0 unspecified atom stereocenters. The van der Waals surface area contributed by atoms with Crippen LogP contribution >= 0.6 is 0 Å². The quantitative estimate of drug-likeness (QED) is 0.587. The van der Waals surface area contributed by atoms with E-state index in [-0.39, 0.29) is 0 Å². The zero-order valence-electron chi connectivity index (χ0n) is 15.5. The van der Waals surface area contributed by atoms with E-state index in [0.29, 0.717) is 0 Å². The van der Waals surface area contributed by atoms with Gasteiger partial charge in [0, 0.05) is 9.52 Å². The van der Waals surface area contributed by atoms with E-state index in [1.54, 1.807) is 33.6 Å². The molecule has 3 aliphatic heterocycles. The molecule has 2 aromatic carbocycles. The maximum Gasteiger partial charge on any atom is 0.0828 e. The molecular formula is C20H24Si5. The first-order valence-corrected chi connectivity index (χ1v) is 18.4. The van der Waals surface area contributed by atoms with Gasteiger partial charge in [0.25, 0.3) is 0 Å². The summed E-state index contributed by atoms with van der Waals surface area (Å²) < 4.78 is 1.50. The third-order valence-corrected chi connectivity index (χ3v) is 30.8. The highest BCUT2D eigenvalue weighted by Gasteiger charge is 2.64. The summed E-state index contributed by atoms with van der Waals surface area (Å²) in [5, 5.41) is 7.22. The van der Waals surface area contributed by atoms with E-state index in [1.807, 2.05) is 0 Å². The first kappa shape index (κ1) is 16.7. The van der Waals surface area contributed by atoms with Crippen molar-refractivity contribution >= 4 is 65.5 Å². The molecule has 0 atom stereocenters. The van der Waals surface area contributed by atoms with Crippen molar-refractivity contribution in [1.82, 2.24) is 0 Å². The van der Waals surface area contributed by atoms with Crippen LogP contribution in [0.3, 0.4) is 0 Å². The van der Waals surface area contributed by atoms with Crippen molar-refractivity contribution in [2.75, 3.05) is 0 Å². The lowest BCUT2D eigenvalue weighted by Crippen LogP contribution is -2.49. The van der Waals surface area contributed by atoms with Crippen LogP contribution in [0.5, 0.6) is 0 Å². The van der Waals surface area contributed by atoms with Crippen molar-refractivity contribution in [2.45, 2.75) is 47.6 Å². The number of hydrogen-bond donors (Lipinski definition) is 0. The van der Waals surface area contributed by atoms with Crippen LogP contribution in [0.1, 0.15) is 12.8 Å². The fourth-order valence-electron chi connectivity index (χ4n) is 5.75. The predicted octanol–water partition coefficient (Wildman–Crippen LogP) is 1.71. The second-order valence-corrected chi connectivity index (χ2v) is 23.6. The summed E-state index contributed by atoms with van der Waals surface area (Å²) in [6.07, 6.45) is 3.10. The lowest BCUT2D eigenvalue weighted by atomic mass is 10.4. The smallest absolute Gasteiger partial charge is 0.0669 e. The molecule has 5 rings (SSSR count). The highest BCUT2D eigenvalue weighted by molar-refractivity contribution is 7.18. The fourth-order valence-corrected chi connectivity index (χ4v) is 31.2. The molecule has 25 heavy (non-hydrogen) atoms. The van der Waals surface area contributed by atoms with Crippen molar-refractivity contribution in [1.29, 1.82) is 0 Å². The normalized spacial score (nSPS) is 25.1. The molecule has 0 aliphatic carbocycles. The van der Waals surface area contributed by atoms with Crippen LogP contribution in [0.2, 0.25) is 34.8 Å². The molecule has 0 saturated carbocycles. The summed E-state index contributed by atoms with van der Waals surface area (Å²) in [4.78, 5) is 0. The van der Waals surface area contributed by atoms with E-state index in [0.717, 1.165) is 8.57 Å².